The second kappa shape index (κ2) is 5.90. The summed E-state index contributed by atoms with van der Waals surface area (Å²) in [5.74, 6) is 6.26. The SMILES string of the molecule is NCC#Cc1ccc(Cl)c(NC(=O)CC2CC2)c1. The summed E-state index contributed by atoms with van der Waals surface area (Å²) >= 11 is 6.04. The number of carbonyl (C=O) groups is 1. The molecule has 1 aliphatic carbocycles. The molecule has 0 heterocycles. The highest BCUT2D eigenvalue weighted by molar-refractivity contribution is 6.33. The molecule has 1 amide bonds. The van der Waals surface area contributed by atoms with Crippen LogP contribution in [0.1, 0.15) is 24.8 Å². The van der Waals surface area contributed by atoms with Crippen LogP contribution in [0, 0.1) is 17.8 Å². The average Bonchev–Trinajstić information content (AvgIpc) is 3.14. The maximum Gasteiger partial charge on any atom is 0.224 e. The van der Waals surface area contributed by atoms with Crippen LogP contribution in [0.3, 0.4) is 0 Å². The molecule has 0 radical (unpaired) electrons. The lowest BCUT2D eigenvalue weighted by molar-refractivity contribution is -0.116. The van der Waals surface area contributed by atoms with Gasteiger partial charge in [-0.25, -0.2) is 0 Å². The molecule has 0 atom stereocenters. The van der Waals surface area contributed by atoms with Gasteiger partial charge in [0.15, 0.2) is 0 Å². The molecule has 18 heavy (non-hydrogen) atoms. The zero-order valence-electron chi connectivity index (χ0n) is 10.0. The third-order valence-electron chi connectivity index (χ3n) is 2.75. The van der Waals surface area contributed by atoms with Gasteiger partial charge in [0, 0.05) is 12.0 Å². The smallest absolute Gasteiger partial charge is 0.224 e. The van der Waals surface area contributed by atoms with Crippen molar-refractivity contribution in [3.63, 3.8) is 0 Å². The van der Waals surface area contributed by atoms with Gasteiger partial charge < -0.3 is 11.1 Å². The van der Waals surface area contributed by atoms with Crippen LogP contribution in [0.25, 0.3) is 0 Å². The summed E-state index contributed by atoms with van der Waals surface area (Å²) in [6.07, 6.45) is 2.89. The molecule has 3 nitrogen and oxygen atoms in total. The van der Waals surface area contributed by atoms with Gasteiger partial charge in [-0.1, -0.05) is 23.4 Å². The second-order valence-electron chi connectivity index (χ2n) is 4.40. The molecule has 0 saturated heterocycles. The molecule has 1 aromatic rings. The topological polar surface area (TPSA) is 55.1 Å². The van der Waals surface area contributed by atoms with E-state index in [1.165, 1.54) is 0 Å². The number of carbonyl (C=O) groups excluding carboxylic acids is 1. The van der Waals surface area contributed by atoms with Crippen molar-refractivity contribution in [3.05, 3.63) is 28.8 Å². The van der Waals surface area contributed by atoms with Crippen LogP contribution in [0.5, 0.6) is 0 Å². The third kappa shape index (κ3) is 3.76. The Morgan fingerprint density at radius 3 is 2.94 bits per heavy atom. The molecule has 0 spiro atoms. The van der Waals surface area contributed by atoms with Gasteiger partial charge >= 0.3 is 0 Å². The normalized spacial score (nSPS) is 13.7. The monoisotopic (exact) mass is 262 g/mol. The van der Waals surface area contributed by atoms with Gasteiger partial charge in [-0.2, -0.15) is 0 Å². The number of hydrogen-bond acceptors (Lipinski definition) is 2. The Bertz CT molecular complexity index is 512. The van der Waals surface area contributed by atoms with E-state index in [-0.39, 0.29) is 5.91 Å². The minimum Gasteiger partial charge on any atom is -0.325 e. The molecule has 4 heteroatoms. The standard InChI is InChI=1S/C14H15ClN2O/c15-12-6-5-10(2-1-7-16)8-13(12)17-14(18)9-11-3-4-11/h5-6,8,11H,3-4,7,9,16H2,(H,17,18). The number of halogens is 1. The van der Waals surface area contributed by atoms with Crippen LogP contribution in [0.15, 0.2) is 18.2 Å². The van der Waals surface area contributed by atoms with Crippen molar-refractivity contribution in [1.82, 2.24) is 0 Å². The number of amides is 1. The maximum absolute atomic E-state index is 11.7. The van der Waals surface area contributed by atoms with Crippen molar-refractivity contribution in [2.45, 2.75) is 19.3 Å². The maximum atomic E-state index is 11.7. The molecule has 0 unspecified atom stereocenters. The molecule has 1 aliphatic rings. The first-order valence-electron chi connectivity index (χ1n) is 5.97. The summed E-state index contributed by atoms with van der Waals surface area (Å²) in [5.41, 5.74) is 6.73. The lowest BCUT2D eigenvalue weighted by atomic mass is 10.2. The first-order valence-corrected chi connectivity index (χ1v) is 6.35. The van der Waals surface area contributed by atoms with Gasteiger partial charge in [-0.15, -0.1) is 0 Å². The van der Waals surface area contributed by atoms with Crippen molar-refractivity contribution in [2.24, 2.45) is 11.7 Å². The molecule has 2 rings (SSSR count). The van der Waals surface area contributed by atoms with Crippen molar-refractivity contribution in [3.8, 4) is 11.8 Å². The second-order valence-corrected chi connectivity index (χ2v) is 4.80. The Morgan fingerprint density at radius 1 is 1.50 bits per heavy atom. The quantitative estimate of drug-likeness (QED) is 0.822. The van der Waals surface area contributed by atoms with E-state index in [2.05, 4.69) is 17.2 Å². The van der Waals surface area contributed by atoms with E-state index < -0.39 is 0 Å². The van der Waals surface area contributed by atoms with Crippen LogP contribution in [0.4, 0.5) is 5.69 Å². The zero-order valence-corrected chi connectivity index (χ0v) is 10.8. The van der Waals surface area contributed by atoms with E-state index >= 15 is 0 Å². The van der Waals surface area contributed by atoms with E-state index in [1.54, 1.807) is 12.1 Å². The predicted molar refractivity (Wildman–Crippen MR) is 73.4 cm³/mol. The summed E-state index contributed by atoms with van der Waals surface area (Å²) in [4.78, 5) is 11.7. The number of nitrogens with two attached hydrogens (primary N) is 1. The average molecular weight is 263 g/mol. The van der Waals surface area contributed by atoms with E-state index in [4.69, 9.17) is 17.3 Å². The highest BCUT2D eigenvalue weighted by Gasteiger charge is 2.24. The number of nitrogens with one attached hydrogen (secondary N) is 1. The summed E-state index contributed by atoms with van der Waals surface area (Å²) < 4.78 is 0. The van der Waals surface area contributed by atoms with Gasteiger partial charge in [0.25, 0.3) is 0 Å². The minimum atomic E-state index is 0.0170. The molecule has 0 aromatic heterocycles. The largest absolute Gasteiger partial charge is 0.325 e. The lowest BCUT2D eigenvalue weighted by Crippen LogP contribution is -2.12. The Morgan fingerprint density at radius 2 is 2.28 bits per heavy atom. The van der Waals surface area contributed by atoms with Crippen LogP contribution < -0.4 is 11.1 Å². The highest BCUT2D eigenvalue weighted by Crippen LogP contribution is 2.33. The molecule has 0 aliphatic heterocycles. The lowest BCUT2D eigenvalue weighted by Gasteiger charge is -2.07. The molecular formula is C14H15ClN2O. The van der Waals surface area contributed by atoms with Crippen LogP contribution in [0.2, 0.25) is 5.02 Å². The summed E-state index contributed by atoms with van der Waals surface area (Å²) in [6, 6.07) is 5.31. The number of benzene rings is 1. The van der Waals surface area contributed by atoms with Gasteiger partial charge in [-0.3, -0.25) is 4.79 Å². The van der Waals surface area contributed by atoms with Crippen molar-refractivity contribution in [2.75, 3.05) is 11.9 Å². The van der Waals surface area contributed by atoms with E-state index in [9.17, 15) is 4.79 Å². The molecule has 0 bridgehead atoms. The Labute approximate surface area is 112 Å². The summed E-state index contributed by atoms with van der Waals surface area (Å²) in [7, 11) is 0. The number of anilines is 1. The Balaban J connectivity index is 2.07. The fraction of sp³-hybridized carbons (Fsp3) is 0.357. The molecule has 94 valence electrons. The van der Waals surface area contributed by atoms with Crippen LogP contribution in [-0.2, 0) is 4.79 Å². The Hall–Kier alpha value is -1.50. The van der Waals surface area contributed by atoms with Crippen LogP contribution >= 0.6 is 11.6 Å². The van der Waals surface area contributed by atoms with Gasteiger partial charge in [-0.05, 0) is 37.0 Å². The minimum absolute atomic E-state index is 0.0170. The van der Waals surface area contributed by atoms with Crippen molar-refractivity contribution in [1.29, 1.82) is 0 Å². The molecule has 1 aromatic carbocycles. The van der Waals surface area contributed by atoms with E-state index in [0.717, 1.165) is 18.4 Å². The first kappa shape index (κ1) is 12.9. The summed E-state index contributed by atoms with van der Waals surface area (Å²) in [6.45, 7) is 0.312. The fourth-order valence-corrected chi connectivity index (χ4v) is 1.80. The predicted octanol–water partition coefficient (Wildman–Crippen LogP) is 2.39. The van der Waals surface area contributed by atoms with Crippen molar-refractivity contribution < 1.29 is 4.79 Å². The first-order chi connectivity index (χ1) is 8.69. The molecular weight excluding hydrogens is 248 g/mol. The zero-order chi connectivity index (χ0) is 13.0. The van der Waals surface area contributed by atoms with Gasteiger partial charge in [0.05, 0.1) is 17.3 Å². The van der Waals surface area contributed by atoms with E-state index in [0.29, 0.717) is 29.6 Å². The van der Waals surface area contributed by atoms with E-state index in [1.807, 2.05) is 6.07 Å². The molecule has 3 N–H and O–H groups in total. The van der Waals surface area contributed by atoms with Crippen LogP contribution in [-0.4, -0.2) is 12.5 Å². The fourth-order valence-electron chi connectivity index (χ4n) is 1.64. The van der Waals surface area contributed by atoms with Gasteiger partial charge in [0.1, 0.15) is 0 Å². The summed E-state index contributed by atoms with van der Waals surface area (Å²) in [5, 5.41) is 3.35. The number of rotatable bonds is 3. The molecule has 1 saturated carbocycles. The Kier molecular flexibility index (Phi) is 4.24. The highest BCUT2D eigenvalue weighted by atomic mass is 35.5. The molecule has 1 fully saturated rings. The van der Waals surface area contributed by atoms with Crippen molar-refractivity contribution >= 4 is 23.2 Å². The third-order valence-corrected chi connectivity index (χ3v) is 3.08. The number of hydrogen-bond donors (Lipinski definition) is 2. The van der Waals surface area contributed by atoms with Gasteiger partial charge in [0.2, 0.25) is 5.91 Å².